The summed E-state index contributed by atoms with van der Waals surface area (Å²) >= 11 is 0. The average molecular weight is 324 g/mol. The van der Waals surface area contributed by atoms with Gasteiger partial charge >= 0.3 is 6.18 Å². The molecule has 0 bridgehead atoms. The van der Waals surface area contributed by atoms with E-state index in [1.807, 2.05) is 24.3 Å². The Bertz CT molecular complexity index is 738. The molecule has 1 aliphatic rings. The number of benzene rings is 1. The van der Waals surface area contributed by atoms with E-state index in [9.17, 15) is 18.0 Å². The van der Waals surface area contributed by atoms with E-state index in [4.69, 9.17) is 0 Å². The molecule has 0 aliphatic heterocycles. The van der Waals surface area contributed by atoms with Gasteiger partial charge in [0.15, 0.2) is 0 Å². The second kappa shape index (κ2) is 6.35. The summed E-state index contributed by atoms with van der Waals surface area (Å²) in [4.78, 5) is 14.9. The second-order valence-corrected chi connectivity index (χ2v) is 6.19. The number of rotatable bonds is 3. The number of para-hydroxylation sites is 1. The molecule has 0 radical (unpaired) electrons. The number of aromatic nitrogens is 1. The fraction of sp³-hybridized carbons (Fsp3) is 0.471. The van der Waals surface area contributed by atoms with Gasteiger partial charge in [-0.15, -0.1) is 0 Å². The van der Waals surface area contributed by atoms with E-state index in [-0.39, 0.29) is 31.0 Å². The lowest BCUT2D eigenvalue weighted by Gasteiger charge is -2.31. The fourth-order valence-corrected chi connectivity index (χ4v) is 3.25. The lowest BCUT2D eigenvalue weighted by Crippen LogP contribution is -2.39. The maximum absolute atomic E-state index is 12.8. The first-order valence-corrected chi connectivity index (χ1v) is 7.84. The van der Waals surface area contributed by atoms with Gasteiger partial charge in [-0.3, -0.25) is 4.79 Å². The topological polar surface area (TPSA) is 44.9 Å². The molecule has 1 aromatic carbocycles. The predicted molar refractivity (Wildman–Crippen MR) is 83.2 cm³/mol. The van der Waals surface area contributed by atoms with E-state index in [0.717, 1.165) is 17.3 Å². The Hall–Kier alpha value is -1.82. The zero-order chi connectivity index (χ0) is 16.4. The maximum atomic E-state index is 12.8. The van der Waals surface area contributed by atoms with Crippen LogP contribution in [0, 0.1) is 5.92 Å². The minimum atomic E-state index is -4.12. The first-order chi connectivity index (χ1) is 10.9. The Balaban J connectivity index is 1.68. The van der Waals surface area contributed by atoms with Gasteiger partial charge in [0, 0.05) is 23.7 Å². The lowest BCUT2D eigenvalue weighted by molar-refractivity contribution is -0.183. The van der Waals surface area contributed by atoms with Crippen molar-refractivity contribution in [1.82, 2.24) is 10.3 Å². The molecule has 0 spiro atoms. The second-order valence-electron chi connectivity index (χ2n) is 6.19. The van der Waals surface area contributed by atoms with Crippen LogP contribution >= 0.6 is 0 Å². The summed E-state index contributed by atoms with van der Waals surface area (Å²) in [6.45, 7) is 0.287. The number of H-pyrrole nitrogens is 1. The standard InChI is InChI=1S/C17H19F3N2O/c18-17(19,20)13-5-3-6-14(9-13)21-10-12-8-11-4-1-2-7-15(11)22-16(12)23/h1-2,4,7-8,13-14,21H,3,5-6,9-10H2,(H,22,23). The van der Waals surface area contributed by atoms with E-state index in [2.05, 4.69) is 10.3 Å². The molecule has 1 aliphatic carbocycles. The minimum absolute atomic E-state index is 0.0922. The van der Waals surface area contributed by atoms with Crippen LogP contribution in [0.1, 0.15) is 31.2 Å². The summed E-state index contributed by atoms with van der Waals surface area (Å²) in [5, 5.41) is 4.04. The minimum Gasteiger partial charge on any atom is -0.322 e. The number of alkyl halides is 3. The third-order valence-electron chi connectivity index (χ3n) is 4.55. The number of nitrogens with one attached hydrogen (secondary N) is 2. The average Bonchev–Trinajstić information content (AvgIpc) is 2.52. The Kier molecular flexibility index (Phi) is 4.43. The predicted octanol–water partition coefficient (Wildman–Crippen LogP) is 3.74. The van der Waals surface area contributed by atoms with Crippen molar-refractivity contribution in [3.63, 3.8) is 0 Å². The van der Waals surface area contributed by atoms with Gasteiger partial charge in [-0.25, -0.2) is 0 Å². The molecule has 3 nitrogen and oxygen atoms in total. The van der Waals surface area contributed by atoms with Gasteiger partial charge in [0.05, 0.1) is 5.92 Å². The van der Waals surface area contributed by atoms with Crippen molar-refractivity contribution in [2.45, 2.75) is 44.4 Å². The summed E-state index contributed by atoms with van der Waals surface area (Å²) in [5.41, 5.74) is 1.12. The van der Waals surface area contributed by atoms with Crippen molar-refractivity contribution in [3.8, 4) is 0 Å². The molecule has 3 rings (SSSR count). The third kappa shape index (κ3) is 3.75. The Morgan fingerprint density at radius 3 is 2.78 bits per heavy atom. The highest BCUT2D eigenvalue weighted by molar-refractivity contribution is 5.78. The first kappa shape index (κ1) is 16.1. The molecular weight excluding hydrogens is 305 g/mol. The molecule has 2 unspecified atom stereocenters. The van der Waals surface area contributed by atoms with Crippen molar-refractivity contribution in [1.29, 1.82) is 0 Å². The highest BCUT2D eigenvalue weighted by atomic mass is 19.4. The SMILES string of the molecule is O=c1[nH]c2ccccc2cc1CNC1CCCC(C(F)(F)F)C1. The molecule has 0 saturated heterocycles. The lowest BCUT2D eigenvalue weighted by atomic mass is 9.85. The van der Waals surface area contributed by atoms with Crippen LogP contribution in [0.5, 0.6) is 0 Å². The summed E-state index contributed by atoms with van der Waals surface area (Å²) in [7, 11) is 0. The maximum Gasteiger partial charge on any atom is 0.391 e. The van der Waals surface area contributed by atoms with Crippen molar-refractivity contribution >= 4 is 10.9 Å². The van der Waals surface area contributed by atoms with Gasteiger partial charge in [-0.05, 0) is 36.8 Å². The Morgan fingerprint density at radius 2 is 2.00 bits per heavy atom. The van der Waals surface area contributed by atoms with Gasteiger partial charge in [-0.1, -0.05) is 24.6 Å². The van der Waals surface area contributed by atoms with Crippen LogP contribution in [0.4, 0.5) is 13.2 Å². The zero-order valence-electron chi connectivity index (χ0n) is 12.6. The van der Waals surface area contributed by atoms with Crippen LogP contribution in [0.3, 0.4) is 0 Å². The van der Waals surface area contributed by atoms with Gasteiger partial charge < -0.3 is 10.3 Å². The molecule has 1 saturated carbocycles. The molecule has 23 heavy (non-hydrogen) atoms. The van der Waals surface area contributed by atoms with Crippen LogP contribution < -0.4 is 10.9 Å². The summed E-state index contributed by atoms with van der Waals surface area (Å²) < 4.78 is 38.5. The summed E-state index contributed by atoms with van der Waals surface area (Å²) in [5.74, 6) is -1.23. The largest absolute Gasteiger partial charge is 0.391 e. The molecule has 1 fully saturated rings. The molecule has 1 aromatic heterocycles. The van der Waals surface area contributed by atoms with Crippen LogP contribution in [-0.4, -0.2) is 17.2 Å². The number of pyridine rings is 1. The van der Waals surface area contributed by atoms with Gasteiger partial charge in [-0.2, -0.15) is 13.2 Å². The van der Waals surface area contributed by atoms with E-state index in [1.165, 1.54) is 0 Å². The van der Waals surface area contributed by atoms with E-state index in [1.54, 1.807) is 6.07 Å². The highest BCUT2D eigenvalue weighted by Crippen LogP contribution is 2.37. The highest BCUT2D eigenvalue weighted by Gasteiger charge is 2.41. The number of halogens is 3. The Labute approximate surface area is 131 Å². The van der Waals surface area contributed by atoms with Crippen molar-refractivity contribution in [2.75, 3.05) is 0 Å². The monoisotopic (exact) mass is 324 g/mol. The molecule has 1 heterocycles. The molecule has 2 aromatic rings. The molecule has 0 amide bonds. The summed E-state index contributed by atoms with van der Waals surface area (Å²) in [6.07, 6.45) is -2.54. The van der Waals surface area contributed by atoms with Crippen molar-refractivity contribution in [3.05, 3.63) is 46.2 Å². The zero-order valence-corrected chi connectivity index (χ0v) is 12.6. The number of aromatic amines is 1. The first-order valence-electron chi connectivity index (χ1n) is 7.84. The molecular formula is C17H19F3N2O. The van der Waals surface area contributed by atoms with Gasteiger partial charge in [0.1, 0.15) is 0 Å². The van der Waals surface area contributed by atoms with Gasteiger partial charge in [0.2, 0.25) is 0 Å². The van der Waals surface area contributed by atoms with Crippen molar-refractivity contribution in [2.24, 2.45) is 5.92 Å². The van der Waals surface area contributed by atoms with Crippen LogP contribution in [0.2, 0.25) is 0 Å². The van der Waals surface area contributed by atoms with Gasteiger partial charge in [0.25, 0.3) is 5.56 Å². The molecule has 124 valence electrons. The van der Waals surface area contributed by atoms with E-state index in [0.29, 0.717) is 12.0 Å². The molecule has 6 heteroatoms. The molecule has 2 N–H and O–H groups in total. The Morgan fingerprint density at radius 1 is 1.22 bits per heavy atom. The molecule has 2 atom stereocenters. The van der Waals surface area contributed by atoms with E-state index < -0.39 is 12.1 Å². The van der Waals surface area contributed by atoms with Crippen molar-refractivity contribution < 1.29 is 13.2 Å². The smallest absolute Gasteiger partial charge is 0.322 e. The number of hydrogen-bond acceptors (Lipinski definition) is 2. The van der Waals surface area contributed by atoms with Crippen LogP contribution in [0.15, 0.2) is 35.1 Å². The van der Waals surface area contributed by atoms with E-state index >= 15 is 0 Å². The quantitative estimate of drug-likeness (QED) is 0.903. The summed E-state index contributed by atoms with van der Waals surface area (Å²) in [6, 6.07) is 9.05. The number of hydrogen-bond donors (Lipinski definition) is 2. The van der Waals surface area contributed by atoms with Crippen LogP contribution in [0.25, 0.3) is 10.9 Å². The fourth-order valence-electron chi connectivity index (χ4n) is 3.25. The number of fused-ring (bicyclic) bond motifs is 1. The third-order valence-corrected chi connectivity index (χ3v) is 4.55. The normalized spacial score (nSPS) is 22.4. The van der Waals surface area contributed by atoms with Crippen LogP contribution in [-0.2, 0) is 6.54 Å².